The third-order valence-electron chi connectivity index (χ3n) is 2.44. The minimum atomic E-state index is -0.727. The molecule has 0 bridgehead atoms. The van der Waals surface area contributed by atoms with Crippen LogP contribution >= 0.6 is 0 Å². The van der Waals surface area contributed by atoms with Gasteiger partial charge in [-0.25, -0.2) is 13.8 Å². The Morgan fingerprint density at radius 1 is 1.39 bits per heavy atom. The molecule has 0 aliphatic carbocycles. The van der Waals surface area contributed by atoms with Gasteiger partial charge in [-0.1, -0.05) is 0 Å². The molecular weight excluding hydrogens is 238 g/mol. The van der Waals surface area contributed by atoms with E-state index in [1.807, 2.05) is 0 Å². The number of nitrogens with zero attached hydrogens (tertiary/aromatic N) is 3. The van der Waals surface area contributed by atoms with Crippen molar-refractivity contribution in [1.82, 2.24) is 14.9 Å². The van der Waals surface area contributed by atoms with Crippen LogP contribution in [0.4, 0.5) is 8.78 Å². The van der Waals surface area contributed by atoms with Crippen LogP contribution in [0, 0.1) is 23.0 Å². The van der Waals surface area contributed by atoms with E-state index in [0.29, 0.717) is 12.1 Å². The Bertz CT molecular complexity index is 590. The molecule has 4 nitrogen and oxygen atoms in total. The average molecular weight is 248 g/mol. The molecule has 1 aromatic carbocycles. The van der Waals surface area contributed by atoms with Crippen molar-refractivity contribution in [3.8, 4) is 11.8 Å². The molecule has 1 aromatic heterocycles. The van der Waals surface area contributed by atoms with Crippen molar-refractivity contribution in [2.45, 2.75) is 6.54 Å². The van der Waals surface area contributed by atoms with Gasteiger partial charge in [-0.05, 0) is 24.7 Å². The van der Waals surface area contributed by atoms with E-state index >= 15 is 0 Å². The maximum Gasteiger partial charge on any atom is 0.217 e. The number of aromatic nitrogens is 2. The normalized spacial score (nSPS) is 10.3. The van der Waals surface area contributed by atoms with Crippen LogP contribution in [0.2, 0.25) is 0 Å². The first-order chi connectivity index (χ1) is 8.67. The molecule has 92 valence electrons. The van der Waals surface area contributed by atoms with Gasteiger partial charge in [0, 0.05) is 18.9 Å². The summed E-state index contributed by atoms with van der Waals surface area (Å²) in [4.78, 5) is 3.71. The van der Waals surface area contributed by atoms with Crippen molar-refractivity contribution in [3.05, 3.63) is 47.5 Å². The first-order valence-electron chi connectivity index (χ1n) is 5.23. The molecule has 0 amide bonds. The number of rotatable bonds is 3. The number of hydrogen-bond donors (Lipinski definition) is 1. The van der Waals surface area contributed by atoms with E-state index in [1.54, 1.807) is 13.1 Å². The van der Waals surface area contributed by atoms with Crippen LogP contribution in [0.15, 0.2) is 24.5 Å². The minimum Gasteiger partial charge on any atom is -0.316 e. The summed E-state index contributed by atoms with van der Waals surface area (Å²) in [5.41, 5.74) is 0.207. The van der Waals surface area contributed by atoms with Crippen molar-refractivity contribution >= 4 is 0 Å². The van der Waals surface area contributed by atoms with E-state index in [-0.39, 0.29) is 11.5 Å². The second kappa shape index (κ2) is 4.94. The highest BCUT2D eigenvalue weighted by atomic mass is 19.1. The molecule has 1 N–H and O–H groups in total. The first-order valence-corrected chi connectivity index (χ1v) is 5.23. The molecule has 0 radical (unpaired) electrons. The summed E-state index contributed by atoms with van der Waals surface area (Å²) < 4.78 is 28.9. The summed E-state index contributed by atoms with van der Waals surface area (Å²) in [5.74, 6) is -1.52. The van der Waals surface area contributed by atoms with Gasteiger partial charge in [0.15, 0.2) is 11.6 Å². The van der Waals surface area contributed by atoms with E-state index in [9.17, 15) is 8.78 Å². The number of benzene rings is 1. The molecule has 0 atom stereocenters. The molecule has 0 saturated heterocycles. The lowest BCUT2D eigenvalue weighted by Gasteiger charge is -2.09. The fourth-order valence-electron chi connectivity index (χ4n) is 1.72. The molecule has 2 rings (SSSR count). The lowest BCUT2D eigenvalue weighted by Crippen LogP contribution is -2.09. The highest BCUT2D eigenvalue weighted by Gasteiger charge is 2.15. The van der Waals surface area contributed by atoms with Crippen LogP contribution in [-0.2, 0) is 6.54 Å². The highest BCUT2D eigenvalue weighted by Crippen LogP contribution is 2.21. The number of imidazole rings is 1. The lowest BCUT2D eigenvalue weighted by atomic mass is 10.2. The SMILES string of the molecule is CNCc1cc(F)c(-n2ccnc2C#N)c(F)c1. The van der Waals surface area contributed by atoms with Gasteiger partial charge in [0.1, 0.15) is 11.8 Å². The number of nitriles is 1. The van der Waals surface area contributed by atoms with Gasteiger partial charge in [-0.3, -0.25) is 4.57 Å². The van der Waals surface area contributed by atoms with Crippen LogP contribution < -0.4 is 5.32 Å². The van der Waals surface area contributed by atoms with Crippen LogP contribution in [-0.4, -0.2) is 16.6 Å². The van der Waals surface area contributed by atoms with Gasteiger partial charge in [0.2, 0.25) is 5.82 Å². The second-order valence-corrected chi connectivity index (χ2v) is 3.67. The van der Waals surface area contributed by atoms with Crippen molar-refractivity contribution in [2.75, 3.05) is 7.05 Å². The largest absolute Gasteiger partial charge is 0.316 e. The van der Waals surface area contributed by atoms with Gasteiger partial charge in [-0.15, -0.1) is 0 Å². The van der Waals surface area contributed by atoms with Crippen LogP contribution in [0.25, 0.3) is 5.69 Å². The topological polar surface area (TPSA) is 53.6 Å². The van der Waals surface area contributed by atoms with Crippen molar-refractivity contribution in [1.29, 1.82) is 5.26 Å². The molecule has 1 heterocycles. The highest BCUT2D eigenvalue weighted by molar-refractivity contribution is 5.41. The van der Waals surface area contributed by atoms with E-state index in [4.69, 9.17) is 5.26 Å². The fourth-order valence-corrected chi connectivity index (χ4v) is 1.72. The average Bonchev–Trinajstić information content (AvgIpc) is 2.76. The van der Waals surface area contributed by atoms with Crippen LogP contribution in [0.1, 0.15) is 11.4 Å². The molecular formula is C12H10F2N4. The molecule has 0 aliphatic rings. The summed E-state index contributed by atoms with van der Waals surface area (Å²) in [6.07, 6.45) is 2.66. The Morgan fingerprint density at radius 3 is 2.61 bits per heavy atom. The number of nitrogens with one attached hydrogen (secondary N) is 1. The van der Waals surface area contributed by atoms with E-state index in [2.05, 4.69) is 10.3 Å². The van der Waals surface area contributed by atoms with Crippen molar-refractivity contribution in [3.63, 3.8) is 0 Å². The smallest absolute Gasteiger partial charge is 0.217 e. The molecule has 18 heavy (non-hydrogen) atoms. The number of halogens is 2. The van der Waals surface area contributed by atoms with Crippen LogP contribution in [0.3, 0.4) is 0 Å². The second-order valence-electron chi connectivity index (χ2n) is 3.67. The first kappa shape index (κ1) is 12.2. The third-order valence-corrected chi connectivity index (χ3v) is 2.44. The maximum atomic E-state index is 13.9. The van der Waals surface area contributed by atoms with Crippen molar-refractivity contribution in [2.24, 2.45) is 0 Å². The molecule has 2 aromatic rings. The predicted molar refractivity (Wildman–Crippen MR) is 61.0 cm³/mol. The van der Waals surface area contributed by atoms with Crippen LogP contribution in [0.5, 0.6) is 0 Å². The molecule has 0 unspecified atom stereocenters. The van der Waals surface area contributed by atoms with Crippen molar-refractivity contribution < 1.29 is 8.78 Å². The van der Waals surface area contributed by atoms with Gasteiger partial charge >= 0.3 is 0 Å². The Balaban J connectivity index is 2.56. The Morgan fingerprint density at radius 2 is 2.06 bits per heavy atom. The summed E-state index contributed by atoms with van der Waals surface area (Å²) in [7, 11) is 1.69. The van der Waals surface area contributed by atoms with Gasteiger partial charge in [-0.2, -0.15) is 5.26 Å². The summed E-state index contributed by atoms with van der Waals surface area (Å²) in [5, 5.41) is 11.6. The fraction of sp³-hybridized carbons (Fsp3) is 0.167. The van der Waals surface area contributed by atoms with E-state index < -0.39 is 11.6 Å². The minimum absolute atomic E-state index is 0.0610. The third kappa shape index (κ3) is 2.08. The summed E-state index contributed by atoms with van der Waals surface area (Å²) in [6.45, 7) is 0.364. The van der Waals surface area contributed by atoms with E-state index in [0.717, 1.165) is 4.57 Å². The van der Waals surface area contributed by atoms with E-state index in [1.165, 1.54) is 24.5 Å². The molecule has 0 spiro atoms. The zero-order valence-corrected chi connectivity index (χ0v) is 9.61. The van der Waals surface area contributed by atoms with Gasteiger partial charge in [0.25, 0.3) is 0 Å². The Labute approximate surface area is 102 Å². The molecule has 0 fully saturated rings. The standard InChI is InChI=1S/C12H10F2N4/c1-16-7-8-4-9(13)12(10(14)5-8)18-3-2-17-11(18)6-15/h2-5,16H,7H2,1H3. The molecule has 0 aliphatic heterocycles. The molecule has 0 saturated carbocycles. The van der Waals surface area contributed by atoms with Gasteiger partial charge in [0.05, 0.1) is 0 Å². The summed E-state index contributed by atoms with van der Waals surface area (Å²) in [6, 6.07) is 4.24. The number of hydrogen-bond acceptors (Lipinski definition) is 3. The summed E-state index contributed by atoms with van der Waals surface area (Å²) >= 11 is 0. The Hall–Kier alpha value is -2.26. The maximum absolute atomic E-state index is 13.9. The Kier molecular flexibility index (Phi) is 3.35. The van der Waals surface area contributed by atoms with Gasteiger partial charge < -0.3 is 5.32 Å². The predicted octanol–water partition coefficient (Wildman–Crippen LogP) is 1.74. The monoisotopic (exact) mass is 248 g/mol. The quantitative estimate of drug-likeness (QED) is 0.900. The lowest BCUT2D eigenvalue weighted by molar-refractivity contribution is 0.563. The molecule has 6 heteroatoms. The zero-order chi connectivity index (χ0) is 13.1. The zero-order valence-electron chi connectivity index (χ0n) is 9.61.